The van der Waals surface area contributed by atoms with Crippen molar-refractivity contribution >= 4 is 5.69 Å². The Kier molecular flexibility index (Phi) is 3.30. The highest BCUT2D eigenvalue weighted by molar-refractivity contribution is 5.59. The van der Waals surface area contributed by atoms with Crippen LogP contribution in [-0.4, -0.2) is 13.1 Å². The van der Waals surface area contributed by atoms with Gasteiger partial charge in [-0.15, -0.1) is 0 Å². The van der Waals surface area contributed by atoms with Gasteiger partial charge in [0.15, 0.2) is 0 Å². The average molecular weight is 225 g/mol. The van der Waals surface area contributed by atoms with E-state index in [1.165, 1.54) is 0 Å². The summed E-state index contributed by atoms with van der Waals surface area (Å²) in [6.45, 7) is 0. The summed E-state index contributed by atoms with van der Waals surface area (Å²) in [5.74, 6) is 0.0896. The zero-order valence-electron chi connectivity index (χ0n) is 9.93. The third-order valence-corrected chi connectivity index (χ3v) is 3.55. The molecule has 0 radical (unpaired) electrons. The molecule has 1 aromatic carbocycles. The van der Waals surface area contributed by atoms with Gasteiger partial charge in [0.2, 0.25) is 0 Å². The zero-order chi connectivity index (χ0) is 12.3. The minimum atomic E-state index is 0.0896. The maximum Gasteiger partial charge on any atom is 0.101 e. The van der Waals surface area contributed by atoms with E-state index in [0.29, 0.717) is 5.56 Å². The molecule has 0 spiro atoms. The molecule has 2 rings (SSSR count). The number of hydrogen-bond donors (Lipinski definition) is 0. The van der Waals surface area contributed by atoms with E-state index in [0.717, 1.165) is 24.9 Å². The lowest BCUT2D eigenvalue weighted by atomic mass is 10.0. The summed E-state index contributed by atoms with van der Waals surface area (Å²) in [7, 11) is 1.98. The maximum absolute atomic E-state index is 9.12. The Labute approximate surface area is 102 Å². The van der Waals surface area contributed by atoms with Gasteiger partial charge in [-0.25, -0.2) is 0 Å². The van der Waals surface area contributed by atoms with Gasteiger partial charge < -0.3 is 4.90 Å². The highest BCUT2D eigenvalue weighted by Gasteiger charge is 2.31. The van der Waals surface area contributed by atoms with Gasteiger partial charge in [-0.1, -0.05) is 12.1 Å². The molecule has 1 aromatic rings. The molecule has 1 aliphatic carbocycles. The number of rotatable bonds is 2. The van der Waals surface area contributed by atoms with Crippen molar-refractivity contribution in [2.24, 2.45) is 5.92 Å². The van der Waals surface area contributed by atoms with Gasteiger partial charge in [-0.05, 0) is 31.4 Å². The Morgan fingerprint density at radius 3 is 2.71 bits per heavy atom. The Hall–Kier alpha value is -2.00. The van der Waals surface area contributed by atoms with Gasteiger partial charge in [0, 0.05) is 13.1 Å². The lowest BCUT2D eigenvalue weighted by molar-refractivity contribution is 0.562. The van der Waals surface area contributed by atoms with Crippen LogP contribution in [0.1, 0.15) is 24.8 Å². The highest BCUT2D eigenvalue weighted by atomic mass is 15.1. The smallest absolute Gasteiger partial charge is 0.101 e. The predicted molar refractivity (Wildman–Crippen MR) is 66.3 cm³/mol. The number of anilines is 1. The van der Waals surface area contributed by atoms with Crippen LogP contribution in [0.15, 0.2) is 24.3 Å². The maximum atomic E-state index is 9.12. The number of hydrogen-bond acceptors (Lipinski definition) is 3. The van der Waals surface area contributed by atoms with Crippen molar-refractivity contribution in [1.29, 1.82) is 10.5 Å². The van der Waals surface area contributed by atoms with Gasteiger partial charge in [0.25, 0.3) is 0 Å². The number of benzene rings is 1. The van der Waals surface area contributed by atoms with Crippen LogP contribution < -0.4 is 4.90 Å². The second kappa shape index (κ2) is 4.89. The second-order valence-electron chi connectivity index (χ2n) is 4.47. The van der Waals surface area contributed by atoms with Crippen molar-refractivity contribution in [3.8, 4) is 12.1 Å². The van der Waals surface area contributed by atoms with E-state index < -0.39 is 0 Å². The van der Waals surface area contributed by atoms with Gasteiger partial charge in [-0.3, -0.25) is 0 Å². The molecule has 2 unspecified atom stereocenters. The fourth-order valence-electron chi connectivity index (χ4n) is 2.61. The molecule has 3 heteroatoms. The van der Waals surface area contributed by atoms with Crippen molar-refractivity contribution in [2.75, 3.05) is 11.9 Å². The van der Waals surface area contributed by atoms with E-state index >= 15 is 0 Å². The molecule has 0 heterocycles. The van der Waals surface area contributed by atoms with Crippen LogP contribution in [0.5, 0.6) is 0 Å². The second-order valence-corrected chi connectivity index (χ2v) is 4.47. The lowest BCUT2D eigenvalue weighted by Crippen LogP contribution is -2.34. The van der Waals surface area contributed by atoms with Gasteiger partial charge in [0.1, 0.15) is 6.07 Å². The standard InChI is InChI=1S/C14H15N3/c1-17(14-8-4-6-12(14)10-16)13-7-3-2-5-11(13)9-15/h2-3,5,7,12,14H,4,6,8H2,1H3. The van der Waals surface area contributed by atoms with Crippen LogP contribution in [0.3, 0.4) is 0 Å². The molecule has 0 saturated heterocycles. The molecular weight excluding hydrogens is 210 g/mol. The van der Waals surface area contributed by atoms with E-state index in [1.54, 1.807) is 0 Å². The summed E-state index contributed by atoms with van der Waals surface area (Å²) in [5, 5.41) is 18.2. The quantitative estimate of drug-likeness (QED) is 0.777. The molecule has 1 saturated carbocycles. The van der Waals surface area contributed by atoms with E-state index in [4.69, 9.17) is 10.5 Å². The number of para-hydroxylation sites is 1. The first kappa shape index (κ1) is 11.5. The molecule has 0 aromatic heterocycles. The monoisotopic (exact) mass is 225 g/mol. The van der Waals surface area contributed by atoms with Gasteiger partial charge >= 0.3 is 0 Å². The van der Waals surface area contributed by atoms with Crippen LogP contribution in [0.25, 0.3) is 0 Å². The summed E-state index contributed by atoms with van der Waals surface area (Å²) in [5.41, 5.74) is 1.61. The third-order valence-electron chi connectivity index (χ3n) is 3.55. The first-order valence-corrected chi connectivity index (χ1v) is 5.89. The third kappa shape index (κ3) is 2.10. The summed E-state index contributed by atoms with van der Waals surface area (Å²) in [6.07, 6.45) is 3.11. The Morgan fingerprint density at radius 1 is 1.24 bits per heavy atom. The highest BCUT2D eigenvalue weighted by Crippen LogP contribution is 2.32. The normalized spacial score (nSPS) is 22.8. The van der Waals surface area contributed by atoms with Gasteiger partial charge in [-0.2, -0.15) is 10.5 Å². The molecule has 1 aliphatic rings. The average Bonchev–Trinajstić information content (AvgIpc) is 2.86. The van der Waals surface area contributed by atoms with E-state index in [9.17, 15) is 0 Å². The molecule has 0 N–H and O–H groups in total. The lowest BCUT2D eigenvalue weighted by Gasteiger charge is -2.29. The Morgan fingerprint density at radius 2 is 2.00 bits per heavy atom. The van der Waals surface area contributed by atoms with E-state index in [2.05, 4.69) is 17.0 Å². The molecular formula is C14H15N3. The van der Waals surface area contributed by atoms with Crippen LogP contribution in [0.4, 0.5) is 5.69 Å². The fourth-order valence-corrected chi connectivity index (χ4v) is 2.61. The van der Waals surface area contributed by atoms with Crippen molar-refractivity contribution in [2.45, 2.75) is 25.3 Å². The van der Waals surface area contributed by atoms with Crippen LogP contribution >= 0.6 is 0 Å². The molecule has 0 amide bonds. The molecule has 2 atom stereocenters. The first-order valence-electron chi connectivity index (χ1n) is 5.89. The SMILES string of the molecule is CN(c1ccccc1C#N)C1CCCC1C#N. The molecule has 3 nitrogen and oxygen atoms in total. The van der Waals surface area contributed by atoms with Crippen LogP contribution in [0, 0.1) is 28.6 Å². The van der Waals surface area contributed by atoms with E-state index in [-0.39, 0.29) is 12.0 Å². The van der Waals surface area contributed by atoms with Crippen molar-refractivity contribution in [3.05, 3.63) is 29.8 Å². The molecule has 0 aliphatic heterocycles. The Bertz CT molecular complexity index is 481. The number of nitrogens with zero attached hydrogens (tertiary/aromatic N) is 3. The largest absolute Gasteiger partial charge is 0.369 e. The molecule has 0 bridgehead atoms. The summed E-state index contributed by atoms with van der Waals surface area (Å²) < 4.78 is 0. The van der Waals surface area contributed by atoms with Crippen molar-refractivity contribution < 1.29 is 0 Å². The Balaban J connectivity index is 2.29. The first-order chi connectivity index (χ1) is 8.27. The summed E-state index contributed by atoms with van der Waals surface area (Å²) >= 11 is 0. The van der Waals surface area contributed by atoms with Crippen LogP contribution in [0.2, 0.25) is 0 Å². The minimum Gasteiger partial charge on any atom is -0.369 e. The van der Waals surface area contributed by atoms with Crippen molar-refractivity contribution in [3.63, 3.8) is 0 Å². The molecule has 86 valence electrons. The van der Waals surface area contributed by atoms with Crippen molar-refractivity contribution in [1.82, 2.24) is 0 Å². The van der Waals surface area contributed by atoms with Gasteiger partial charge in [0.05, 0.1) is 23.2 Å². The minimum absolute atomic E-state index is 0.0896. The predicted octanol–water partition coefficient (Wildman–Crippen LogP) is 2.69. The summed E-state index contributed by atoms with van der Waals surface area (Å²) in [4.78, 5) is 2.10. The van der Waals surface area contributed by atoms with E-state index in [1.807, 2.05) is 31.3 Å². The zero-order valence-corrected chi connectivity index (χ0v) is 9.93. The molecule has 1 fully saturated rings. The van der Waals surface area contributed by atoms with Crippen LogP contribution in [-0.2, 0) is 0 Å². The fraction of sp³-hybridized carbons (Fsp3) is 0.429. The topological polar surface area (TPSA) is 50.8 Å². The molecule has 17 heavy (non-hydrogen) atoms. The summed E-state index contributed by atoms with van der Waals surface area (Å²) in [6, 6.07) is 12.4. The number of nitriles is 2.